The lowest BCUT2D eigenvalue weighted by Crippen LogP contribution is -2.32. The van der Waals surface area contributed by atoms with Crippen LogP contribution in [0.3, 0.4) is 0 Å². The summed E-state index contributed by atoms with van der Waals surface area (Å²) in [5.74, 6) is 0.648. The highest BCUT2D eigenvalue weighted by Gasteiger charge is 2.32. The third-order valence-corrected chi connectivity index (χ3v) is 8.25. The Hall–Kier alpha value is -3.07. The van der Waals surface area contributed by atoms with Gasteiger partial charge in [0.2, 0.25) is 5.91 Å². The second-order valence-electron chi connectivity index (χ2n) is 7.98. The normalized spacial score (nSPS) is 15.9. The van der Waals surface area contributed by atoms with E-state index in [0.717, 1.165) is 32.5 Å². The smallest absolute Gasteiger partial charge is 0.266 e. The second kappa shape index (κ2) is 10.3. The first-order valence-corrected chi connectivity index (χ1v) is 13.2. The van der Waals surface area contributed by atoms with Gasteiger partial charge < -0.3 is 4.74 Å². The molecule has 176 valence electrons. The Labute approximate surface area is 218 Å². The van der Waals surface area contributed by atoms with Crippen LogP contribution in [0.15, 0.2) is 87.5 Å². The molecule has 0 aliphatic carbocycles. The van der Waals surface area contributed by atoms with Gasteiger partial charge in [-0.2, -0.15) is 0 Å². The maximum Gasteiger partial charge on any atom is 0.266 e. The number of hydrogen-bond donors (Lipinski definition) is 0. The van der Waals surface area contributed by atoms with E-state index in [1.165, 1.54) is 11.8 Å². The third kappa shape index (κ3) is 4.87. The van der Waals surface area contributed by atoms with Crippen molar-refractivity contribution in [1.29, 1.82) is 0 Å². The second-order valence-corrected chi connectivity index (χ2v) is 10.7. The minimum atomic E-state index is -0.117. The first-order chi connectivity index (χ1) is 17.0. The zero-order chi connectivity index (χ0) is 24.4. The van der Waals surface area contributed by atoms with Crippen LogP contribution in [-0.4, -0.2) is 34.7 Å². The van der Waals surface area contributed by atoms with Gasteiger partial charge in [0.05, 0.1) is 23.4 Å². The molecular weight excluding hydrogens is 497 g/mol. The number of carbonyl (C=O) groups is 2. The number of anilines is 2. The zero-order valence-corrected chi connectivity index (χ0v) is 21.4. The molecule has 0 bridgehead atoms. The number of methoxy groups -OCH3 is 1. The topological polar surface area (TPSA) is 49.9 Å². The van der Waals surface area contributed by atoms with Crippen molar-refractivity contribution in [2.45, 2.75) is 22.6 Å². The van der Waals surface area contributed by atoms with Gasteiger partial charge in [-0.25, -0.2) is 0 Å². The maximum atomic E-state index is 13.4. The lowest BCUT2D eigenvalue weighted by atomic mass is 10.1. The van der Waals surface area contributed by atoms with Gasteiger partial charge >= 0.3 is 0 Å². The monoisotopic (exact) mass is 518 g/mol. The number of carbonyl (C=O) groups excluding carboxylic acids is 2. The van der Waals surface area contributed by atoms with Crippen molar-refractivity contribution in [1.82, 2.24) is 4.90 Å². The Bertz CT molecular complexity index is 1290. The molecule has 2 aliphatic rings. The Balaban J connectivity index is 1.26. The highest BCUT2D eigenvalue weighted by Crippen LogP contribution is 2.48. The molecule has 0 saturated carbocycles. The molecular formula is C27H22N2O3S3. The molecule has 35 heavy (non-hydrogen) atoms. The van der Waals surface area contributed by atoms with Crippen LogP contribution < -0.4 is 9.64 Å². The van der Waals surface area contributed by atoms with Crippen molar-refractivity contribution in [3.63, 3.8) is 0 Å². The van der Waals surface area contributed by atoms with Crippen molar-refractivity contribution >= 4 is 69.3 Å². The van der Waals surface area contributed by atoms with Crippen molar-refractivity contribution in [2.24, 2.45) is 0 Å². The van der Waals surface area contributed by atoms with Gasteiger partial charge in [0.25, 0.3) is 5.91 Å². The summed E-state index contributed by atoms with van der Waals surface area (Å²) in [5.41, 5.74) is 2.70. The largest absolute Gasteiger partial charge is 0.497 e. The van der Waals surface area contributed by atoms with Crippen molar-refractivity contribution in [2.75, 3.05) is 18.6 Å². The summed E-state index contributed by atoms with van der Waals surface area (Å²) in [6.07, 6.45) is 2.67. The summed E-state index contributed by atoms with van der Waals surface area (Å²) in [4.78, 5) is 32.4. The van der Waals surface area contributed by atoms with Crippen LogP contribution in [-0.2, 0) is 9.59 Å². The molecule has 3 aromatic carbocycles. The maximum absolute atomic E-state index is 13.4. The van der Waals surface area contributed by atoms with Crippen LogP contribution in [0, 0.1) is 0 Å². The van der Waals surface area contributed by atoms with E-state index < -0.39 is 0 Å². The zero-order valence-electron chi connectivity index (χ0n) is 19.0. The molecule has 0 aromatic heterocycles. The molecule has 0 spiro atoms. The number of nitrogens with zero attached hydrogens (tertiary/aromatic N) is 2. The van der Waals surface area contributed by atoms with Gasteiger partial charge in [0.1, 0.15) is 10.1 Å². The predicted molar refractivity (Wildman–Crippen MR) is 146 cm³/mol. The average Bonchev–Trinajstić information content (AvgIpc) is 3.14. The van der Waals surface area contributed by atoms with E-state index in [1.54, 1.807) is 28.7 Å². The molecule has 0 radical (unpaired) electrons. The fourth-order valence-corrected chi connectivity index (χ4v) is 6.38. The van der Waals surface area contributed by atoms with E-state index in [-0.39, 0.29) is 11.8 Å². The minimum absolute atomic E-state index is 0.00409. The van der Waals surface area contributed by atoms with Crippen LogP contribution in [0.2, 0.25) is 0 Å². The predicted octanol–water partition coefficient (Wildman–Crippen LogP) is 6.51. The number of benzene rings is 3. The van der Waals surface area contributed by atoms with Crippen LogP contribution in [0.1, 0.15) is 18.4 Å². The standard InChI is InChI=1S/C27H22N2O3S3/c1-32-19-14-12-18(13-15-19)17-24-26(31)28(27(33)35-24)16-6-11-25(30)29-20-7-2-4-9-22(20)34-23-10-5-3-8-21(23)29/h2-5,7-10,12-15,17H,6,11,16H2,1H3. The molecule has 2 aliphatic heterocycles. The number of para-hydroxylation sites is 2. The number of ether oxygens (including phenoxy) is 1. The summed E-state index contributed by atoms with van der Waals surface area (Å²) in [7, 11) is 1.62. The van der Waals surface area contributed by atoms with E-state index >= 15 is 0 Å². The molecule has 1 fully saturated rings. The van der Waals surface area contributed by atoms with E-state index in [1.807, 2.05) is 78.9 Å². The lowest BCUT2D eigenvalue weighted by Gasteiger charge is -2.31. The minimum Gasteiger partial charge on any atom is -0.497 e. The first-order valence-electron chi connectivity index (χ1n) is 11.1. The highest BCUT2D eigenvalue weighted by molar-refractivity contribution is 8.26. The summed E-state index contributed by atoms with van der Waals surface area (Å²) < 4.78 is 5.71. The number of thioether (sulfide) groups is 1. The molecule has 3 aromatic rings. The Morgan fingerprint density at radius 3 is 2.20 bits per heavy atom. The lowest BCUT2D eigenvalue weighted by molar-refractivity contribution is -0.123. The van der Waals surface area contributed by atoms with E-state index in [0.29, 0.717) is 28.6 Å². The fourth-order valence-electron chi connectivity index (χ4n) is 4.02. The molecule has 5 nitrogen and oxygen atoms in total. The molecule has 2 heterocycles. The highest BCUT2D eigenvalue weighted by atomic mass is 32.2. The van der Waals surface area contributed by atoms with Crippen LogP contribution in [0.5, 0.6) is 5.75 Å². The van der Waals surface area contributed by atoms with Crippen molar-refractivity contribution < 1.29 is 14.3 Å². The molecule has 5 rings (SSSR count). The van der Waals surface area contributed by atoms with Gasteiger partial charge in [-0.3, -0.25) is 19.4 Å². The number of thiocarbonyl (C=S) groups is 1. The van der Waals surface area contributed by atoms with Crippen LogP contribution in [0.4, 0.5) is 11.4 Å². The van der Waals surface area contributed by atoms with E-state index in [4.69, 9.17) is 17.0 Å². The molecule has 0 unspecified atom stereocenters. The molecule has 8 heteroatoms. The quantitative estimate of drug-likeness (QED) is 0.274. The summed E-state index contributed by atoms with van der Waals surface area (Å²) in [6.45, 7) is 0.405. The van der Waals surface area contributed by atoms with E-state index in [2.05, 4.69) is 0 Å². The third-order valence-electron chi connectivity index (χ3n) is 5.74. The van der Waals surface area contributed by atoms with Gasteiger partial charge in [-0.1, -0.05) is 72.1 Å². The average molecular weight is 519 g/mol. The first kappa shape index (κ1) is 23.7. The Morgan fingerprint density at radius 1 is 0.943 bits per heavy atom. The Kier molecular flexibility index (Phi) is 6.95. The molecule has 0 N–H and O–H groups in total. The number of amides is 2. The van der Waals surface area contributed by atoms with Gasteiger partial charge in [-0.05, 0) is 54.5 Å². The number of rotatable bonds is 6. The SMILES string of the molecule is COc1ccc(C=C2SC(=S)N(CCCC(=O)N3c4ccccc4Sc4ccccc43)C2=O)cc1. The molecule has 1 saturated heterocycles. The van der Waals surface area contributed by atoms with Crippen molar-refractivity contribution in [3.05, 3.63) is 83.3 Å². The summed E-state index contributed by atoms with van der Waals surface area (Å²) in [6, 6.07) is 23.4. The molecule has 0 atom stereocenters. The van der Waals surface area contributed by atoms with E-state index in [9.17, 15) is 9.59 Å². The number of hydrogen-bond acceptors (Lipinski definition) is 6. The number of fused-ring (bicyclic) bond motifs is 2. The van der Waals surface area contributed by atoms with Gasteiger partial charge in [0, 0.05) is 22.8 Å². The van der Waals surface area contributed by atoms with Gasteiger partial charge in [-0.15, -0.1) is 0 Å². The fraction of sp³-hybridized carbons (Fsp3) is 0.148. The summed E-state index contributed by atoms with van der Waals surface area (Å²) >= 11 is 8.43. The summed E-state index contributed by atoms with van der Waals surface area (Å²) in [5, 5.41) is 0. The Morgan fingerprint density at radius 2 is 1.57 bits per heavy atom. The van der Waals surface area contributed by atoms with Crippen LogP contribution >= 0.6 is 35.7 Å². The molecule has 2 amide bonds. The van der Waals surface area contributed by atoms with Crippen LogP contribution in [0.25, 0.3) is 6.08 Å². The van der Waals surface area contributed by atoms with Crippen molar-refractivity contribution in [3.8, 4) is 5.75 Å². The van der Waals surface area contributed by atoms with Gasteiger partial charge in [0.15, 0.2) is 0 Å².